The molecule has 11 heteroatoms. The summed E-state index contributed by atoms with van der Waals surface area (Å²) in [5.41, 5.74) is 4.47. The van der Waals surface area contributed by atoms with Crippen LogP contribution in [0, 0.1) is 5.82 Å². The van der Waals surface area contributed by atoms with Crippen molar-refractivity contribution in [3.8, 4) is 11.3 Å². The Morgan fingerprint density at radius 3 is 2.57 bits per heavy atom. The molecule has 6 rings (SSSR count). The van der Waals surface area contributed by atoms with Crippen molar-refractivity contribution in [3.05, 3.63) is 77.6 Å². The topological polar surface area (TPSA) is 101 Å². The minimum atomic E-state index is -3.62. The highest BCUT2D eigenvalue weighted by molar-refractivity contribution is 7.92. The number of sulfonamides is 1. The molecular weight excluding hydrogens is 557 g/mol. The van der Waals surface area contributed by atoms with Gasteiger partial charge >= 0.3 is 0 Å². The smallest absolute Gasteiger partial charge is 0.255 e. The minimum Gasteiger partial charge on any atom is -0.455 e. The van der Waals surface area contributed by atoms with E-state index in [9.17, 15) is 17.6 Å². The number of nitrogens with zero attached hydrogens (tertiary/aromatic N) is 4. The van der Waals surface area contributed by atoms with Crippen molar-refractivity contribution in [1.29, 1.82) is 0 Å². The number of amides is 1. The molecule has 0 saturated carbocycles. The van der Waals surface area contributed by atoms with Gasteiger partial charge in [-0.25, -0.2) is 17.8 Å². The molecule has 0 spiro atoms. The molecule has 3 heterocycles. The Hall–Kier alpha value is -4.38. The zero-order valence-electron chi connectivity index (χ0n) is 23.9. The van der Waals surface area contributed by atoms with E-state index >= 15 is 0 Å². The predicted molar refractivity (Wildman–Crippen MR) is 163 cm³/mol. The van der Waals surface area contributed by atoms with Gasteiger partial charge in [-0.2, -0.15) is 0 Å². The number of aryl methyl sites for hydroxylation is 1. The van der Waals surface area contributed by atoms with Crippen LogP contribution in [0.3, 0.4) is 0 Å². The SMILES string of the molecule is CNC(=O)c1c(-c2ccc(F)cc2)oc2cc(N(C)S(C)(=O)=O)c([C@@H]3CCCN(c4nc5ccccc5n4C)C3)cc12. The number of imidazole rings is 1. The lowest BCUT2D eigenvalue weighted by molar-refractivity contribution is 0.0964. The van der Waals surface area contributed by atoms with E-state index in [2.05, 4.69) is 14.8 Å². The third kappa shape index (κ3) is 4.77. The number of carbonyl (C=O) groups excluding carboxylic acids is 1. The molecule has 1 aliphatic rings. The molecular formula is C31H32FN5O4S. The molecule has 1 fully saturated rings. The van der Waals surface area contributed by atoms with Crippen LogP contribution < -0.4 is 14.5 Å². The second kappa shape index (κ2) is 10.5. The first-order chi connectivity index (χ1) is 20.1. The molecule has 1 N–H and O–H groups in total. The molecule has 3 aromatic carbocycles. The number of hydrogen-bond acceptors (Lipinski definition) is 6. The first kappa shape index (κ1) is 27.8. The molecule has 218 valence electrons. The van der Waals surface area contributed by atoms with Gasteiger partial charge < -0.3 is 19.2 Å². The summed E-state index contributed by atoms with van der Waals surface area (Å²) >= 11 is 0. The molecule has 0 bridgehead atoms. The van der Waals surface area contributed by atoms with Crippen molar-refractivity contribution in [2.45, 2.75) is 18.8 Å². The quantitative estimate of drug-likeness (QED) is 0.290. The van der Waals surface area contributed by atoms with Gasteiger partial charge in [-0.15, -0.1) is 0 Å². The summed E-state index contributed by atoms with van der Waals surface area (Å²) in [6.45, 7) is 1.43. The number of nitrogens with one attached hydrogen (secondary N) is 1. The fraction of sp³-hybridized carbons (Fsp3) is 0.290. The third-order valence-corrected chi connectivity index (χ3v) is 9.33. The Labute approximate surface area is 243 Å². The van der Waals surface area contributed by atoms with Crippen molar-refractivity contribution >= 4 is 49.6 Å². The minimum absolute atomic E-state index is 0.0520. The number of piperidine rings is 1. The molecule has 0 radical (unpaired) electrons. The van der Waals surface area contributed by atoms with Crippen LogP contribution >= 0.6 is 0 Å². The van der Waals surface area contributed by atoms with E-state index in [4.69, 9.17) is 9.40 Å². The van der Waals surface area contributed by atoms with Gasteiger partial charge in [0.15, 0.2) is 0 Å². The van der Waals surface area contributed by atoms with Gasteiger partial charge in [0, 0.05) is 57.2 Å². The molecule has 42 heavy (non-hydrogen) atoms. The van der Waals surface area contributed by atoms with E-state index in [1.165, 1.54) is 30.5 Å². The average molecular weight is 590 g/mol. The van der Waals surface area contributed by atoms with Crippen molar-refractivity contribution in [3.63, 3.8) is 0 Å². The number of rotatable bonds is 6. The summed E-state index contributed by atoms with van der Waals surface area (Å²) in [6, 6.07) is 17.3. The van der Waals surface area contributed by atoms with Crippen LogP contribution in [-0.2, 0) is 17.1 Å². The van der Waals surface area contributed by atoms with Crippen molar-refractivity contribution in [2.75, 3.05) is 42.6 Å². The first-order valence-corrected chi connectivity index (χ1v) is 15.6. The maximum Gasteiger partial charge on any atom is 0.255 e. The zero-order chi connectivity index (χ0) is 29.8. The van der Waals surface area contributed by atoms with Crippen LogP contribution in [0.1, 0.15) is 34.7 Å². The molecule has 5 aromatic rings. The van der Waals surface area contributed by atoms with Gasteiger partial charge in [-0.3, -0.25) is 9.10 Å². The molecule has 9 nitrogen and oxygen atoms in total. The molecule has 1 saturated heterocycles. The molecule has 0 unspecified atom stereocenters. The number of carbonyl (C=O) groups is 1. The first-order valence-electron chi connectivity index (χ1n) is 13.8. The van der Waals surface area contributed by atoms with Crippen molar-refractivity contribution < 1.29 is 22.0 Å². The Bertz CT molecular complexity index is 1930. The normalized spacial score (nSPS) is 15.8. The number of fused-ring (bicyclic) bond motifs is 2. The van der Waals surface area contributed by atoms with E-state index in [0.717, 1.165) is 48.2 Å². The van der Waals surface area contributed by atoms with Gasteiger partial charge in [0.05, 0.1) is 28.5 Å². The summed E-state index contributed by atoms with van der Waals surface area (Å²) < 4.78 is 48.8. The second-order valence-corrected chi connectivity index (χ2v) is 12.8. The fourth-order valence-electron chi connectivity index (χ4n) is 5.91. The molecule has 1 atom stereocenters. The maximum absolute atomic E-state index is 13.7. The van der Waals surface area contributed by atoms with Gasteiger partial charge in [0.1, 0.15) is 17.2 Å². The standard InChI is InChI=1S/C31H32FN5O4S/c1-33-30(38)28-23-16-22(20-8-7-15-37(18-20)31-34-24-9-5-6-10-25(24)35(31)2)26(36(3)42(4,39)40)17-27(23)41-29(28)19-11-13-21(32)14-12-19/h5-6,9-14,16-17,20H,7-8,15,18H2,1-4H3,(H,33,38)/t20-/m1/s1. The number of aromatic nitrogens is 2. The summed E-state index contributed by atoms with van der Waals surface area (Å²) in [6.07, 6.45) is 2.87. The lowest BCUT2D eigenvalue weighted by atomic mass is 9.88. The van der Waals surface area contributed by atoms with Crippen molar-refractivity contribution in [1.82, 2.24) is 14.9 Å². The van der Waals surface area contributed by atoms with E-state index in [1.54, 1.807) is 18.2 Å². The number of para-hydroxylation sites is 2. The highest BCUT2D eigenvalue weighted by Crippen LogP contribution is 2.42. The highest BCUT2D eigenvalue weighted by Gasteiger charge is 2.31. The van der Waals surface area contributed by atoms with Gasteiger partial charge in [-0.1, -0.05) is 12.1 Å². The fourth-order valence-corrected chi connectivity index (χ4v) is 6.43. The number of furan rings is 1. The highest BCUT2D eigenvalue weighted by atomic mass is 32.2. The summed E-state index contributed by atoms with van der Waals surface area (Å²) in [5, 5.41) is 3.25. The predicted octanol–water partition coefficient (Wildman–Crippen LogP) is 5.27. The second-order valence-electron chi connectivity index (χ2n) is 10.8. The number of halogens is 1. The van der Waals surface area contributed by atoms with Crippen LogP contribution in [0.25, 0.3) is 33.3 Å². The Morgan fingerprint density at radius 2 is 1.88 bits per heavy atom. The zero-order valence-corrected chi connectivity index (χ0v) is 24.7. The van der Waals surface area contributed by atoms with Crippen LogP contribution in [0.5, 0.6) is 0 Å². The molecule has 1 aliphatic heterocycles. The maximum atomic E-state index is 13.7. The van der Waals surface area contributed by atoms with Crippen LogP contribution in [0.2, 0.25) is 0 Å². The Morgan fingerprint density at radius 1 is 1.14 bits per heavy atom. The lowest BCUT2D eigenvalue weighted by Crippen LogP contribution is -2.37. The largest absolute Gasteiger partial charge is 0.455 e. The molecule has 1 amide bonds. The van der Waals surface area contributed by atoms with E-state index < -0.39 is 15.8 Å². The van der Waals surface area contributed by atoms with Gasteiger partial charge in [0.25, 0.3) is 5.91 Å². The summed E-state index contributed by atoms with van der Waals surface area (Å²) in [4.78, 5) is 20.3. The molecule has 2 aromatic heterocycles. The summed E-state index contributed by atoms with van der Waals surface area (Å²) in [7, 11) is 1.45. The van der Waals surface area contributed by atoms with E-state index in [0.29, 0.717) is 40.1 Å². The lowest BCUT2D eigenvalue weighted by Gasteiger charge is -2.35. The van der Waals surface area contributed by atoms with Crippen LogP contribution in [0.15, 0.2) is 65.1 Å². The van der Waals surface area contributed by atoms with Crippen LogP contribution in [-0.4, -0.2) is 57.3 Å². The van der Waals surface area contributed by atoms with Crippen LogP contribution in [0.4, 0.5) is 16.0 Å². The van der Waals surface area contributed by atoms with E-state index in [-0.39, 0.29) is 11.8 Å². The Kier molecular flexibility index (Phi) is 6.92. The monoisotopic (exact) mass is 589 g/mol. The Balaban J connectivity index is 1.51. The average Bonchev–Trinajstić information content (AvgIpc) is 3.53. The molecule has 0 aliphatic carbocycles. The van der Waals surface area contributed by atoms with Gasteiger partial charge in [0.2, 0.25) is 16.0 Å². The third-order valence-electron chi connectivity index (χ3n) is 8.14. The number of hydrogen-bond donors (Lipinski definition) is 1. The van der Waals surface area contributed by atoms with Gasteiger partial charge in [-0.05, 0) is 60.9 Å². The van der Waals surface area contributed by atoms with Crippen molar-refractivity contribution in [2.24, 2.45) is 7.05 Å². The number of anilines is 2. The number of benzene rings is 3. The van der Waals surface area contributed by atoms with E-state index in [1.807, 2.05) is 37.4 Å². The summed E-state index contributed by atoms with van der Waals surface area (Å²) in [5.74, 6) is 0.336.